The highest BCUT2D eigenvalue weighted by Gasteiger charge is 2.28. The van der Waals surface area contributed by atoms with Crippen LogP contribution >= 0.6 is 0 Å². The average molecular weight is 271 g/mol. The number of fused-ring (bicyclic) bond motifs is 1. The van der Waals surface area contributed by atoms with E-state index in [1.54, 1.807) is 0 Å². The van der Waals surface area contributed by atoms with Gasteiger partial charge >= 0.3 is 0 Å². The van der Waals surface area contributed by atoms with Crippen LogP contribution in [0.25, 0.3) is 11.0 Å². The molecule has 0 aliphatic heterocycles. The highest BCUT2D eigenvalue weighted by Crippen LogP contribution is 2.33. The Labute approximate surface area is 121 Å². The summed E-state index contributed by atoms with van der Waals surface area (Å²) in [5, 5.41) is 0. The molecule has 1 saturated carbocycles. The molecule has 1 heterocycles. The number of aromatic nitrogens is 2. The fraction of sp³-hybridized carbons (Fsp3) is 0.588. The van der Waals surface area contributed by atoms with Gasteiger partial charge in [-0.25, -0.2) is 4.98 Å². The van der Waals surface area contributed by atoms with E-state index in [1.807, 2.05) is 0 Å². The molecule has 2 unspecified atom stereocenters. The number of benzene rings is 1. The lowest BCUT2D eigenvalue weighted by Crippen LogP contribution is -2.33. The maximum Gasteiger partial charge on any atom is 0.114 e. The molecule has 3 rings (SSSR count). The molecular weight excluding hydrogens is 246 g/mol. The number of hydrogen-bond acceptors (Lipinski definition) is 2. The molecule has 1 aromatic heterocycles. The molecule has 3 nitrogen and oxygen atoms in total. The second-order valence-electron chi connectivity index (χ2n) is 6.17. The van der Waals surface area contributed by atoms with Crippen LogP contribution in [-0.2, 0) is 6.54 Å². The van der Waals surface area contributed by atoms with Crippen molar-refractivity contribution in [2.24, 2.45) is 5.73 Å². The smallest absolute Gasteiger partial charge is 0.114 e. The molecule has 0 bridgehead atoms. The Morgan fingerprint density at radius 2 is 2.10 bits per heavy atom. The fourth-order valence-electron chi connectivity index (χ4n) is 3.48. The molecule has 1 fully saturated rings. The largest absolute Gasteiger partial charge is 0.328 e. The minimum Gasteiger partial charge on any atom is -0.328 e. The van der Waals surface area contributed by atoms with Gasteiger partial charge in [0.05, 0.1) is 11.0 Å². The van der Waals surface area contributed by atoms with Crippen molar-refractivity contribution in [1.82, 2.24) is 9.55 Å². The van der Waals surface area contributed by atoms with Crippen LogP contribution in [0, 0.1) is 6.92 Å². The van der Waals surface area contributed by atoms with Gasteiger partial charge in [0.25, 0.3) is 0 Å². The van der Waals surface area contributed by atoms with Crippen molar-refractivity contribution < 1.29 is 0 Å². The maximum absolute atomic E-state index is 6.37. The second-order valence-corrected chi connectivity index (χ2v) is 6.17. The predicted molar refractivity (Wildman–Crippen MR) is 83.9 cm³/mol. The molecule has 2 aromatic rings. The summed E-state index contributed by atoms with van der Waals surface area (Å²) in [4.78, 5) is 4.95. The van der Waals surface area contributed by atoms with Crippen molar-refractivity contribution in [3.8, 4) is 0 Å². The van der Waals surface area contributed by atoms with Crippen LogP contribution in [0.1, 0.15) is 56.3 Å². The normalized spacial score (nSPS) is 23.4. The SMILES string of the molecule is CCCn1c(C2CCCCC2N)nc2cc(C)ccc21. The van der Waals surface area contributed by atoms with E-state index < -0.39 is 0 Å². The minimum absolute atomic E-state index is 0.275. The second kappa shape index (κ2) is 5.57. The lowest BCUT2D eigenvalue weighted by Gasteiger charge is -2.28. The zero-order valence-corrected chi connectivity index (χ0v) is 12.6. The van der Waals surface area contributed by atoms with E-state index in [2.05, 4.69) is 36.6 Å². The van der Waals surface area contributed by atoms with Gasteiger partial charge in [-0.15, -0.1) is 0 Å². The van der Waals surface area contributed by atoms with Gasteiger partial charge in [-0.05, 0) is 43.9 Å². The third-order valence-electron chi connectivity index (χ3n) is 4.53. The van der Waals surface area contributed by atoms with Crippen LogP contribution in [0.3, 0.4) is 0 Å². The van der Waals surface area contributed by atoms with Crippen molar-refractivity contribution in [2.75, 3.05) is 0 Å². The fourth-order valence-corrected chi connectivity index (χ4v) is 3.48. The molecule has 1 aliphatic rings. The van der Waals surface area contributed by atoms with Gasteiger partial charge in [0.1, 0.15) is 5.82 Å². The molecule has 1 aliphatic carbocycles. The van der Waals surface area contributed by atoms with Gasteiger partial charge in [-0.2, -0.15) is 0 Å². The van der Waals surface area contributed by atoms with Gasteiger partial charge in [0.15, 0.2) is 0 Å². The summed E-state index contributed by atoms with van der Waals surface area (Å²) in [5.41, 5.74) is 10.0. The van der Waals surface area contributed by atoms with Crippen molar-refractivity contribution in [3.05, 3.63) is 29.6 Å². The van der Waals surface area contributed by atoms with E-state index in [4.69, 9.17) is 10.7 Å². The number of aryl methyl sites for hydroxylation is 2. The third kappa shape index (κ3) is 2.35. The topological polar surface area (TPSA) is 43.8 Å². The zero-order valence-electron chi connectivity index (χ0n) is 12.6. The summed E-state index contributed by atoms with van der Waals surface area (Å²) < 4.78 is 2.41. The Morgan fingerprint density at radius 1 is 1.30 bits per heavy atom. The lowest BCUT2D eigenvalue weighted by molar-refractivity contribution is 0.364. The summed E-state index contributed by atoms with van der Waals surface area (Å²) in [7, 11) is 0. The minimum atomic E-state index is 0.275. The highest BCUT2D eigenvalue weighted by atomic mass is 15.1. The monoisotopic (exact) mass is 271 g/mol. The average Bonchev–Trinajstić information content (AvgIpc) is 2.77. The maximum atomic E-state index is 6.37. The molecular formula is C17H25N3. The van der Waals surface area contributed by atoms with Crippen molar-refractivity contribution in [3.63, 3.8) is 0 Å². The molecule has 0 radical (unpaired) electrons. The zero-order chi connectivity index (χ0) is 14.1. The van der Waals surface area contributed by atoms with Gasteiger partial charge in [-0.1, -0.05) is 25.8 Å². The van der Waals surface area contributed by atoms with Crippen molar-refractivity contribution in [1.29, 1.82) is 0 Å². The predicted octanol–water partition coefficient (Wildman–Crippen LogP) is 3.74. The standard InChI is InChI=1S/C17H25N3/c1-3-10-20-16-9-8-12(2)11-15(16)19-17(20)13-6-4-5-7-14(13)18/h8-9,11,13-14H,3-7,10,18H2,1-2H3. The summed E-state index contributed by atoms with van der Waals surface area (Å²) in [5.74, 6) is 1.66. The first-order valence-electron chi connectivity index (χ1n) is 7.93. The van der Waals surface area contributed by atoms with Crippen LogP contribution in [0.2, 0.25) is 0 Å². The van der Waals surface area contributed by atoms with Crippen molar-refractivity contribution in [2.45, 2.75) is 64.5 Å². The molecule has 0 spiro atoms. The molecule has 1 aromatic carbocycles. The molecule has 3 heteroatoms. The Bertz CT molecular complexity index is 600. The first-order valence-corrected chi connectivity index (χ1v) is 7.93. The van der Waals surface area contributed by atoms with E-state index in [0.717, 1.165) is 24.9 Å². The van der Waals surface area contributed by atoms with E-state index in [0.29, 0.717) is 5.92 Å². The first-order chi connectivity index (χ1) is 9.70. The number of imidazole rings is 1. The molecule has 0 amide bonds. The summed E-state index contributed by atoms with van der Waals surface area (Å²) in [6.45, 7) is 5.40. The Hall–Kier alpha value is -1.35. The Balaban J connectivity index is 2.10. The van der Waals surface area contributed by atoms with Crippen LogP contribution in [0.5, 0.6) is 0 Å². The van der Waals surface area contributed by atoms with Crippen LogP contribution in [0.15, 0.2) is 18.2 Å². The number of nitrogens with zero attached hydrogens (tertiary/aromatic N) is 2. The molecule has 108 valence electrons. The van der Waals surface area contributed by atoms with E-state index in [1.165, 1.54) is 36.2 Å². The third-order valence-corrected chi connectivity index (χ3v) is 4.53. The van der Waals surface area contributed by atoms with Crippen LogP contribution in [-0.4, -0.2) is 15.6 Å². The van der Waals surface area contributed by atoms with Gasteiger partial charge in [0.2, 0.25) is 0 Å². The molecule has 2 atom stereocenters. The van der Waals surface area contributed by atoms with Crippen molar-refractivity contribution >= 4 is 11.0 Å². The van der Waals surface area contributed by atoms with Crippen LogP contribution < -0.4 is 5.73 Å². The van der Waals surface area contributed by atoms with E-state index >= 15 is 0 Å². The van der Waals surface area contributed by atoms with Gasteiger partial charge in [0, 0.05) is 18.5 Å². The number of hydrogen-bond donors (Lipinski definition) is 1. The Kier molecular flexibility index (Phi) is 3.79. The Morgan fingerprint density at radius 3 is 2.85 bits per heavy atom. The number of nitrogens with two attached hydrogens (primary N) is 1. The first kappa shape index (κ1) is 13.6. The summed E-state index contributed by atoms with van der Waals surface area (Å²) in [6.07, 6.45) is 6.01. The van der Waals surface area contributed by atoms with Gasteiger partial charge in [-0.3, -0.25) is 0 Å². The molecule has 20 heavy (non-hydrogen) atoms. The summed E-state index contributed by atoms with van der Waals surface area (Å²) >= 11 is 0. The van der Waals surface area contributed by atoms with Gasteiger partial charge < -0.3 is 10.3 Å². The van der Waals surface area contributed by atoms with E-state index in [-0.39, 0.29) is 6.04 Å². The lowest BCUT2D eigenvalue weighted by atomic mass is 9.84. The molecule has 2 N–H and O–H groups in total. The molecule has 0 saturated heterocycles. The van der Waals surface area contributed by atoms with Crippen LogP contribution in [0.4, 0.5) is 0 Å². The number of rotatable bonds is 3. The summed E-state index contributed by atoms with van der Waals surface area (Å²) in [6, 6.07) is 6.86. The quantitative estimate of drug-likeness (QED) is 0.924. The van der Waals surface area contributed by atoms with E-state index in [9.17, 15) is 0 Å². The highest BCUT2D eigenvalue weighted by molar-refractivity contribution is 5.77.